The van der Waals surface area contributed by atoms with Crippen LogP contribution in [0.5, 0.6) is 0 Å². The molecule has 0 saturated carbocycles. The molecule has 2 atom stereocenters. The van der Waals surface area contributed by atoms with Crippen LogP contribution in [0.25, 0.3) is 0 Å². The minimum Gasteiger partial charge on any atom is -0.431 e. The van der Waals surface area contributed by atoms with E-state index in [1.165, 1.54) is 13.8 Å². The number of nitrogens with two attached hydrogens (primary N) is 1. The van der Waals surface area contributed by atoms with Gasteiger partial charge in [-0.05, 0) is 31.9 Å². The summed E-state index contributed by atoms with van der Waals surface area (Å²) in [5.74, 6) is -7.12. The van der Waals surface area contributed by atoms with Gasteiger partial charge in [0.15, 0.2) is 17.3 Å². The van der Waals surface area contributed by atoms with Crippen LogP contribution in [0.3, 0.4) is 0 Å². The third-order valence-electron chi connectivity index (χ3n) is 5.68. The maximum Gasteiger partial charge on any atom is 0.511 e. The SMILES string of the molecule is CC(C)OC(=O)OC(C)OC(=O)c1nc(C(F)(F)F)n2c1CN(C(=O)CC(N)Cc1cc(F)c(F)cc1F)CC2. The Labute approximate surface area is 224 Å². The standard InChI is InChI=1S/C24H26F6N4O6/c1-11(2)38-23(37)40-12(3)39-21(36)20-18-10-33(4-5-34(18)22(32-20)24(28,29)30)19(35)8-14(31)6-13-7-16(26)17(27)9-15(13)25/h7,9,11-12,14H,4-6,8,10,31H2,1-3H3. The molecule has 10 nitrogen and oxygen atoms in total. The molecule has 2 unspecified atom stereocenters. The molecular weight excluding hydrogens is 554 g/mol. The summed E-state index contributed by atoms with van der Waals surface area (Å²) in [5.41, 5.74) is 4.62. The largest absolute Gasteiger partial charge is 0.511 e. The number of rotatable bonds is 8. The fourth-order valence-electron chi connectivity index (χ4n) is 3.98. The number of benzene rings is 1. The second kappa shape index (κ2) is 12.1. The normalized spacial score (nSPS) is 14.9. The summed E-state index contributed by atoms with van der Waals surface area (Å²) in [7, 11) is 0. The lowest BCUT2D eigenvalue weighted by molar-refractivity contribution is -0.148. The first kappa shape index (κ1) is 30.7. The number of alkyl halides is 3. The summed E-state index contributed by atoms with van der Waals surface area (Å²) in [6, 6.07) is -0.0706. The van der Waals surface area contributed by atoms with Crippen LogP contribution in [-0.4, -0.2) is 57.5 Å². The first-order chi connectivity index (χ1) is 18.6. The van der Waals surface area contributed by atoms with E-state index in [4.69, 9.17) is 19.9 Å². The molecule has 40 heavy (non-hydrogen) atoms. The van der Waals surface area contributed by atoms with Crippen LogP contribution in [0.15, 0.2) is 12.1 Å². The molecule has 1 aliphatic heterocycles. The lowest BCUT2D eigenvalue weighted by atomic mass is 10.0. The zero-order valence-corrected chi connectivity index (χ0v) is 21.6. The van der Waals surface area contributed by atoms with E-state index >= 15 is 0 Å². The molecule has 0 spiro atoms. The Balaban J connectivity index is 1.75. The van der Waals surface area contributed by atoms with E-state index in [2.05, 4.69) is 4.98 Å². The van der Waals surface area contributed by atoms with E-state index in [-0.39, 0.29) is 30.8 Å². The summed E-state index contributed by atoms with van der Waals surface area (Å²) in [6.45, 7) is 3.15. The molecule has 2 aromatic rings. The van der Waals surface area contributed by atoms with Crippen molar-refractivity contribution in [1.82, 2.24) is 14.5 Å². The number of carbonyl (C=O) groups excluding carboxylic acids is 3. The summed E-state index contributed by atoms with van der Waals surface area (Å²) < 4.78 is 96.6. The van der Waals surface area contributed by atoms with E-state index in [0.29, 0.717) is 12.1 Å². The van der Waals surface area contributed by atoms with Crippen molar-refractivity contribution in [2.24, 2.45) is 5.73 Å². The van der Waals surface area contributed by atoms with Gasteiger partial charge in [0.25, 0.3) is 0 Å². The van der Waals surface area contributed by atoms with Gasteiger partial charge in [-0.15, -0.1) is 0 Å². The Bertz CT molecular complexity index is 1280. The second-order valence-corrected chi connectivity index (χ2v) is 9.23. The molecule has 0 aliphatic carbocycles. The number of hydrogen-bond donors (Lipinski definition) is 1. The molecule has 1 aromatic heterocycles. The van der Waals surface area contributed by atoms with Crippen LogP contribution in [0.2, 0.25) is 0 Å². The number of ether oxygens (including phenoxy) is 3. The topological polar surface area (TPSA) is 126 Å². The average Bonchev–Trinajstić information content (AvgIpc) is 3.21. The molecule has 0 fully saturated rings. The Morgan fingerprint density at radius 2 is 1.65 bits per heavy atom. The van der Waals surface area contributed by atoms with Gasteiger partial charge in [0.1, 0.15) is 5.82 Å². The molecule has 16 heteroatoms. The molecule has 0 radical (unpaired) electrons. The number of halogens is 6. The highest BCUT2D eigenvalue weighted by Gasteiger charge is 2.42. The molecule has 1 amide bonds. The second-order valence-electron chi connectivity index (χ2n) is 9.23. The van der Waals surface area contributed by atoms with Crippen LogP contribution in [0.4, 0.5) is 31.1 Å². The maximum absolute atomic E-state index is 13.9. The van der Waals surface area contributed by atoms with Gasteiger partial charge >= 0.3 is 18.3 Å². The van der Waals surface area contributed by atoms with Gasteiger partial charge in [-0.1, -0.05) is 0 Å². The number of carbonyl (C=O) groups is 3. The van der Waals surface area contributed by atoms with Crippen molar-refractivity contribution in [3.05, 3.63) is 52.4 Å². The fraction of sp³-hybridized carbons (Fsp3) is 0.500. The predicted molar refractivity (Wildman–Crippen MR) is 123 cm³/mol. The molecule has 1 aromatic carbocycles. The Hall–Kier alpha value is -3.82. The third-order valence-corrected chi connectivity index (χ3v) is 5.68. The fourth-order valence-corrected chi connectivity index (χ4v) is 3.98. The van der Waals surface area contributed by atoms with Crippen molar-refractivity contribution in [2.45, 2.75) is 71.3 Å². The minimum absolute atomic E-state index is 0.202. The number of amides is 1. The number of esters is 1. The highest BCUT2D eigenvalue weighted by atomic mass is 19.4. The van der Waals surface area contributed by atoms with Gasteiger partial charge in [-0.3, -0.25) is 4.79 Å². The Kier molecular flexibility index (Phi) is 9.32. The maximum atomic E-state index is 13.9. The molecule has 0 saturated heterocycles. The summed E-state index contributed by atoms with van der Waals surface area (Å²) in [4.78, 5) is 41.7. The summed E-state index contributed by atoms with van der Waals surface area (Å²) in [5, 5.41) is 0. The van der Waals surface area contributed by atoms with Crippen molar-refractivity contribution in [3.8, 4) is 0 Å². The quantitative estimate of drug-likeness (QED) is 0.217. The van der Waals surface area contributed by atoms with Crippen LogP contribution in [0, 0.1) is 17.5 Å². The van der Waals surface area contributed by atoms with Gasteiger partial charge in [0.2, 0.25) is 18.0 Å². The van der Waals surface area contributed by atoms with Gasteiger partial charge in [0.05, 0.1) is 18.3 Å². The molecule has 0 bridgehead atoms. The molecule has 2 heterocycles. The van der Waals surface area contributed by atoms with Crippen molar-refractivity contribution in [2.75, 3.05) is 6.54 Å². The number of hydrogen-bond acceptors (Lipinski definition) is 8. The minimum atomic E-state index is -4.94. The Morgan fingerprint density at radius 3 is 2.27 bits per heavy atom. The first-order valence-electron chi connectivity index (χ1n) is 12.0. The number of aromatic nitrogens is 2. The third kappa shape index (κ3) is 7.43. The van der Waals surface area contributed by atoms with Gasteiger partial charge < -0.3 is 29.4 Å². The number of fused-ring (bicyclic) bond motifs is 1. The molecule has 2 N–H and O–H groups in total. The van der Waals surface area contributed by atoms with Gasteiger partial charge in [0, 0.05) is 38.5 Å². The molecule has 1 aliphatic rings. The summed E-state index contributed by atoms with van der Waals surface area (Å²) >= 11 is 0. The van der Waals surface area contributed by atoms with E-state index in [1.807, 2.05) is 0 Å². The zero-order valence-electron chi connectivity index (χ0n) is 21.6. The molecule has 3 rings (SSSR count). The monoisotopic (exact) mass is 580 g/mol. The smallest absolute Gasteiger partial charge is 0.431 e. The highest BCUT2D eigenvalue weighted by molar-refractivity contribution is 5.89. The number of nitrogens with zero attached hydrogens (tertiary/aromatic N) is 3. The zero-order chi connectivity index (χ0) is 29.9. The van der Waals surface area contributed by atoms with E-state index < -0.39 is 84.6 Å². The van der Waals surface area contributed by atoms with Gasteiger partial charge in [-0.2, -0.15) is 13.2 Å². The number of imidazole rings is 1. The molecule has 220 valence electrons. The van der Waals surface area contributed by atoms with E-state index in [9.17, 15) is 40.7 Å². The van der Waals surface area contributed by atoms with Crippen molar-refractivity contribution < 1.29 is 54.9 Å². The summed E-state index contributed by atoms with van der Waals surface area (Å²) in [6.07, 6.45) is -8.94. The lowest BCUT2D eigenvalue weighted by Crippen LogP contribution is -2.42. The van der Waals surface area contributed by atoms with E-state index in [1.54, 1.807) is 0 Å². The van der Waals surface area contributed by atoms with Crippen molar-refractivity contribution >= 4 is 18.0 Å². The van der Waals surface area contributed by atoms with Crippen molar-refractivity contribution in [1.29, 1.82) is 0 Å². The van der Waals surface area contributed by atoms with Crippen LogP contribution in [-0.2, 0) is 44.7 Å². The van der Waals surface area contributed by atoms with Crippen molar-refractivity contribution in [3.63, 3.8) is 0 Å². The Morgan fingerprint density at radius 1 is 1.00 bits per heavy atom. The lowest BCUT2D eigenvalue weighted by Gasteiger charge is -2.30. The average molecular weight is 580 g/mol. The van der Waals surface area contributed by atoms with Crippen LogP contribution < -0.4 is 5.73 Å². The first-order valence-corrected chi connectivity index (χ1v) is 12.0. The van der Waals surface area contributed by atoms with E-state index in [0.717, 1.165) is 16.4 Å². The molecular formula is C24H26F6N4O6. The van der Waals surface area contributed by atoms with Gasteiger partial charge in [-0.25, -0.2) is 27.7 Å². The van der Waals surface area contributed by atoms with Crippen LogP contribution >= 0.6 is 0 Å². The van der Waals surface area contributed by atoms with Crippen LogP contribution in [0.1, 0.15) is 54.8 Å². The predicted octanol–water partition coefficient (Wildman–Crippen LogP) is 3.69. The highest BCUT2D eigenvalue weighted by Crippen LogP contribution is 2.33.